The fraction of sp³-hybridized carbons (Fsp3) is 0.154. The summed E-state index contributed by atoms with van der Waals surface area (Å²) < 4.78 is 47.5. The Morgan fingerprint density at radius 1 is 1.30 bits per heavy atom. The minimum Gasteiger partial charge on any atom is -0.503 e. The second kappa shape index (κ2) is 6.65. The molecular formula is C13H9F3N2O4S. The van der Waals surface area contributed by atoms with Crippen LogP contribution < -0.4 is 4.74 Å². The highest BCUT2D eigenvalue weighted by Crippen LogP contribution is 2.37. The summed E-state index contributed by atoms with van der Waals surface area (Å²) in [6.45, 7) is 0. The van der Waals surface area contributed by atoms with E-state index in [4.69, 9.17) is 9.47 Å². The smallest absolute Gasteiger partial charge is 0.445 e. The van der Waals surface area contributed by atoms with Crippen LogP contribution in [0.15, 0.2) is 30.5 Å². The number of carbonyl (C=O) groups is 1. The molecule has 1 N–H and O–H groups in total. The first-order valence-electron chi connectivity index (χ1n) is 5.97. The highest BCUT2D eigenvalue weighted by Gasteiger charge is 2.36. The van der Waals surface area contributed by atoms with Crippen LogP contribution in [0.5, 0.6) is 10.9 Å². The first-order valence-corrected chi connectivity index (χ1v) is 6.78. The molecule has 1 heterocycles. The number of rotatable bonds is 5. The molecular weight excluding hydrogens is 337 g/mol. The highest BCUT2D eigenvalue weighted by molar-refractivity contribution is 7.13. The number of para-hydroxylation sites is 1. The summed E-state index contributed by atoms with van der Waals surface area (Å²) in [7, 11) is 1.27. The molecule has 2 rings (SSSR count). The molecule has 0 amide bonds. The molecule has 1 aromatic heterocycles. The summed E-state index contributed by atoms with van der Waals surface area (Å²) in [5, 5.41) is 14.0. The van der Waals surface area contributed by atoms with E-state index in [-0.39, 0.29) is 33.4 Å². The largest absolute Gasteiger partial charge is 0.503 e. The van der Waals surface area contributed by atoms with Gasteiger partial charge in [0.1, 0.15) is 11.3 Å². The van der Waals surface area contributed by atoms with Gasteiger partial charge in [-0.1, -0.05) is 34.6 Å². The van der Waals surface area contributed by atoms with Gasteiger partial charge in [-0.3, -0.25) is 0 Å². The Kier molecular flexibility index (Phi) is 4.84. The minimum absolute atomic E-state index is 0.0167. The van der Waals surface area contributed by atoms with Gasteiger partial charge in [-0.05, 0) is 6.07 Å². The van der Waals surface area contributed by atoms with Crippen molar-refractivity contribution in [2.24, 2.45) is 0 Å². The second-order valence-electron chi connectivity index (χ2n) is 4.04. The van der Waals surface area contributed by atoms with Gasteiger partial charge in [0.25, 0.3) is 5.19 Å². The lowest BCUT2D eigenvalue weighted by molar-refractivity contribution is -0.138. The van der Waals surface area contributed by atoms with Crippen molar-refractivity contribution in [1.29, 1.82) is 0 Å². The average molecular weight is 346 g/mol. The number of aromatic nitrogens is 2. The maximum absolute atomic E-state index is 12.5. The van der Waals surface area contributed by atoms with Crippen LogP contribution in [0.3, 0.4) is 0 Å². The maximum atomic E-state index is 12.5. The van der Waals surface area contributed by atoms with Gasteiger partial charge < -0.3 is 14.6 Å². The zero-order chi connectivity index (χ0) is 17.0. The number of carboxylic acid groups (broad SMARTS) is 1. The van der Waals surface area contributed by atoms with E-state index in [2.05, 4.69) is 10.2 Å². The van der Waals surface area contributed by atoms with Gasteiger partial charge in [0.2, 0.25) is 5.01 Å². The summed E-state index contributed by atoms with van der Waals surface area (Å²) in [5.74, 6) is -1.26. The van der Waals surface area contributed by atoms with Crippen LogP contribution >= 0.6 is 11.3 Å². The quantitative estimate of drug-likeness (QED) is 0.660. The van der Waals surface area contributed by atoms with Crippen LogP contribution in [0.2, 0.25) is 0 Å². The van der Waals surface area contributed by atoms with Gasteiger partial charge in [-0.15, -0.1) is 5.10 Å². The molecule has 0 fully saturated rings. The maximum Gasteiger partial charge on any atom is 0.445 e. The molecule has 0 aliphatic carbocycles. The fourth-order valence-electron chi connectivity index (χ4n) is 1.58. The molecule has 0 saturated heterocycles. The first-order chi connectivity index (χ1) is 10.8. The van der Waals surface area contributed by atoms with E-state index in [1.165, 1.54) is 25.3 Å². The first kappa shape index (κ1) is 16.7. The number of benzene rings is 1. The topological polar surface area (TPSA) is 81.5 Å². The number of halogens is 3. The van der Waals surface area contributed by atoms with Crippen molar-refractivity contribution in [3.63, 3.8) is 0 Å². The van der Waals surface area contributed by atoms with Gasteiger partial charge in [-0.2, -0.15) is 13.2 Å². The van der Waals surface area contributed by atoms with Crippen molar-refractivity contribution in [3.8, 4) is 10.9 Å². The van der Waals surface area contributed by atoms with E-state index in [0.29, 0.717) is 0 Å². The molecule has 0 saturated carbocycles. The Labute approximate surface area is 131 Å². The van der Waals surface area contributed by atoms with Crippen LogP contribution in [0, 0.1) is 0 Å². The number of methoxy groups -OCH3 is 1. The van der Waals surface area contributed by atoms with Gasteiger partial charge >= 0.3 is 12.1 Å². The van der Waals surface area contributed by atoms with Crippen molar-refractivity contribution in [2.75, 3.05) is 7.11 Å². The van der Waals surface area contributed by atoms with Crippen molar-refractivity contribution >= 4 is 22.9 Å². The molecule has 0 spiro atoms. The lowest BCUT2D eigenvalue weighted by Gasteiger charge is -2.09. The Balaban J connectivity index is 2.36. The summed E-state index contributed by atoms with van der Waals surface area (Å²) in [5.41, 5.74) is -0.0886. The monoisotopic (exact) mass is 346 g/mol. The number of carboxylic acids is 1. The van der Waals surface area contributed by atoms with Crippen molar-refractivity contribution in [1.82, 2.24) is 10.2 Å². The predicted molar refractivity (Wildman–Crippen MR) is 74.0 cm³/mol. The van der Waals surface area contributed by atoms with E-state index in [1.807, 2.05) is 0 Å². The van der Waals surface area contributed by atoms with E-state index in [0.717, 1.165) is 6.26 Å². The third kappa shape index (κ3) is 3.97. The molecule has 2 aromatic rings. The molecule has 0 bridgehead atoms. The van der Waals surface area contributed by atoms with Gasteiger partial charge in [-0.25, -0.2) is 4.79 Å². The molecule has 1 aromatic carbocycles. The summed E-state index contributed by atoms with van der Waals surface area (Å²) in [6, 6.07) is 5.92. The number of nitrogens with zero attached hydrogens (tertiary/aromatic N) is 2. The van der Waals surface area contributed by atoms with Crippen molar-refractivity contribution < 1.29 is 32.5 Å². The molecule has 6 nitrogen and oxygen atoms in total. The van der Waals surface area contributed by atoms with Crippen LogP contribution in [0.4, 0.5) is 13.2 Å². The molecule has 23 heavy (non-hydrogen) atoms. The van der Waals surface area contributed by atoms with Crippen molar-refractivity contribution in [2.45, 2.75) is 6.18 Å². The van der Waals surface area contributed by atoms with E-state index in [9.17, 15) is 23.1 Å². The summed E-state index contributed by atoms with van der Waals surface area (Å²) in [4.78, 5) is 11.3. The molecule has 0 radical (unpaired) electrons. The third-order valence-corrected chi connectivity index (χ3v) is 3.34. The number of ether oxygens (including phenoxy) is 2. The molecule has 0 aliphatic heterocycles. The Morgan fingerprint density at radius 3 is 2.57 bits per heavy atom. The van der Waals surface area contributed by atoms with Crippen LogP contribution in [0.1, 0.15) is 10.6 Å². The normalized spacial score (nSPS) is 12.1. The third-order valence-electron chi connectivity index (χ3n) is 2.49. The SMILES string of the molecule is COC=C(C(=O)O)c1ccccc1Oc1nnc(C(F)(F)F)s1. The van der Waals surface area contributed by atoms with Gasteiger partial charge in [0.05, 0.1) is 13.4 Å². The van der Waals surface area contributed by atoms with E-state index in [1.54, 1.807) is 6.07 Å². The lowest BCUT2D eigenvalue weighted by Crippen LogP contribution is -2.03. The predicted octanol–water partition coefficient (Wildman–Crippen LogP) is 3.42. The molecule has 122 valence electrons. The molecule has 0 unspecified atom stereocenters. The zero-order valence-electron chi connectivity index (χ0n) is 11.5. The molecule has 0 aliphatic rings. The van der Waals surface area contributed by atoms with Crippen LogP contribution in [-0.2, 0) is 15.7 Å². The van der Waals surface area contributed by atoms with Gasteiger partial charge in [0.15, 0.2) is 0 Å². The Morgan fingerprint density at radius 2 is 2.00 bits per heavy atom. The lowest BCUT2D eigenvalue weighted by atomic mass is 10.1. The molecule has 0 atom stereocenters. The average Bonchev–Trinajstić information content (AvgIpc) is 2.94. The number of hydrogen-bond acceptors (Lipinski definition) is 6. The molecule has 10 heteroatoms. The van der Waals surface area contributed by atoms with Gasteiger partial charge in [0, 0.05) is 5.56 Å². The second-order valence-corrected chi connectivity index (χ2v) is 4.98. The van der Waals surface area contributed by atoms with Crippen LogP contribution in [-0.4, -0.2) is 28.4 Å². The number of hydrogen-bond donors (Lipinski definition) is 1. The summed E-state index contributed by atoms with van der Waals surface area (Å²) >= 11 is 0.209. The van der Waals surface area contributed by atoms with E-state index < -0.39 is 17.2 Å². The van der Waals surface area contributed by atoms with E-state index >= 15 is 0 Å². The number of aliphatic carboxylic acids is 1. The Bertz CT molecular complexity index is 743. The minimum atomic E-state index is -4.62. The van der Waals surface area contributed by atoms with Crippen LogP contribution in [0.25, 0.3) is 5.57 Å². The van der Waals surface area contributed by atoms with Crippen molar-refractivity contribution in [3.05, 3.63) is 41.1 Å². The standard InChI is InChI=1S/C13H9F3N2O4S/c1-21-6-8(10(19)20)7-4-2-3-5-9(7)22-12-18-17-11(23-12)13(14,15)16/h2-6H,1H3,(H,19,20). The number of alkyl halides is 3. The fourth-order valence-corrected chi connectivity index (χ4v) is 2.16. The summed E-state index contributed by atoms with van der Waals surface area (Å²) in [6.07, 6.45) is -3.63. The Hall–Kier alpha value is -2.62. The highest BCUT2D eigenvalue weighted by atomic mass is 32.1. The zero-order valence-corrected chi connectivity index (χ0v) is 12.3.